The summed E-state index contributed by atoms with van der Waals surface area (Å²) >= 11 is 0. The first kappa shape index (κ1) is 16.1. The van der Waals surface area contributed by atoms with E-state index in [0.29, 0.717) is 4.90 Å². The van der Waals surface area contributed by atoms with Crippen LogP contribution in [0.2, 0.25) is 0 Å². The molecule has 0 unspecified atom stereocenters. The van der Waals surface area contributed by atoms with E-state index >= 15 is 0 Å². The van der Waals surface area contributed by atoms with Crippen LogP contribution in [0.1, 0.15) is 44.2 Å². The van der Waals surface area contributed by atoms with Crippen LogP contribution >= 0.6 is 0 Å². The molecule has 1 heterocycles. The van der Waals surface area contributed by atoms with Gasteiger partial charge in [-0.2, -0.15) is 5.10 Å². The first-order valence-electron chi connectivity index (χ1n) is 8.06. The summed E-state index contributed by atoms with van der Waals surface area (Å²) in [5.41, 5.74) is 2.00. The van der Waals surface area contributed by atoms with Crippen molar-refractivity contribution in [2.45, 2.75) is 48.8 Å². The molecule has 1 N–H and O–H groups in total. The molecule has 0 spiro atoms. The number of hydrogen-bond acceptors (Lipinski definition) is 4. The monoisotopic (exact) mass is 333 g/mol. The van der Waals surface area contributed by atoms with Crippen molar-refractivity contribution in [3.63, 3.8) is 0 Å². The van der Waals surface area contributed by atoms with E-state index in [4.69, 9.17) is 0 Å². The van der Waals surface area contributed by atoms with Crippen LogP contribution in [-0.2, 0) is 16.9 Å². The second kappa shape index (κ2) is 6.35. The largest absolute Gasteiger partial charge is 0.376 e. The van der Waals surface area contributed by atoms with Crippen molar-refractivity contribution in [3.8, 4) is 0 Å². The van der Waals surface area contributed by atoms with Gasteiger partial charge >= 0.3 is 0 Å². The number of nitrogens with one attached hydrogen (secondary N) is 1. The number of sulfone groups is 1. The van der Waals surface area contributed by atoms with Crippen LogP contribution in [0.25, 0.3) is 0 Å². The molecule has 5 nitrogen and oxygen atoms in total. The van der Waals surface area contributed by atoms with Crippen LogP contribution in [-0.4, -0.2) is 23.4 Å². The fourth-order valence-electron chi connectivity index (χ4n) is 3.17. The molecule has 0 bridgehead atoms. The lowest BCUT2D eigenvalue weighted by Gasteiger charge is -2.16. The quantitative estimate of drug-likeness (QED) is 0.912. The Morgan fingerprint density at radius 1 is 1.22 bits per heavy atom. The SMILES string of the molecule is C[C@@H](Nc1cnn(C)c1)c1ccc(S(=O)(=O)C2CCCC2)cc1. The summed E-state index contributed by atoms with van der Waals surface area (Å²) in [6.07, 6.45) is 7.32. The number of rotatable bonds is 5. The van der Waals surface area contributed by atoms with E-state index in [-0.39, 0.29) is 11.3 Å². The van der Waals surface area contributed by atoms with Gasteiger partial charge in [0.2, 0.25) is 0 Å². The van der Waals surface area contributed by atoms with Gasteiger partial charge in [0.25, 0.3) is 0 Å². The van der Waals surface area contributed by atoms with Gasteiger partial charge in [-0.05, 0) is 37.5 Å². The molecule has 23 heavy (non-hydrogen) atoms. The molecule has 1 aromatic carbocycles. The maximum atomic E-state index is 12.6. The molecular weight excluding hydrogens is 310 g/mol. The molecule has 3 rings (SSSR count). The van der Waals surface area contributed by atoms with Crippen LogP contribution in [0.15, 0.2) is 41.6 Å². The molecule has 1 aliphatic rings. The summed E-state index contributed by atoms with van der Waals surface area (Å²) < 4.78 is 26.9. The van der Waals surface area contributed by atoms with E-state index in [0.717, 1.165) is 36.9 Å². The lowest BCUT2D eigenvalue weighted by molar-refractivity contribution is 0.579. The van der Waals surface area contributed by atoms with Gasteiger partial charge in [-0.15, -0.1) is 0 Å². The number of aryl methyl sites for hydroxylation is 1. The average Bonchev–Trinajstić information content (AvgIpc) is 3.19. The standard InChI is InChI=1S/C17H23N3O2S/c1-13(19-15-11-18-20(2)12-15)14-7-9-17(10-8-14)23(21,22)16-5-3-4-6-16/h7-13,16,19H,3-6H2,1-2H3/t13-/m1/s1. The number of benzene rings is 1. The molecule has 1 aromatic heterocycles. The topological polar surface area (TPSA) is 64.0 Å². The summed E-state index contributed by atoms with van der Waals surface area (Å²) in [6.45, 7) is 2.05. The molecule has 0 amide bonds. The first-order valence-corrected chi connectivity index (χ1v) is 9.60. The number of anilines is 1. The highest BCUT2D eigenvalue weighted by molar-refractivity contribution is 7.92. The second-order valence-electron chi connectivity index (χ2n) is 6.29. The maximum absolute atomic E-state index is 12.6. The first-order chi connectivity index (χ1) is 11.0. The van der Waals surface area contributed by atoms with Crippen molar-refractivity contribution in [2.24, 2.45) is 7.05 Å². The van der Waals surface area contributed by atoms with Crippen LogP contribution in [0.5, 0.6) is 0 Å². The third-order valence-electron chi connectivity index (χ3n) is 4.54. The second-order valence-corrected chi connectivity index (χ2v) is 8.52. The van der Waals surface area contributed by atoms with E-state index in [1.54, 1.807) is 23.0 Å². The van der Waals surface area contributed by atoms with Gasteiger partial charge in [0.1, 0.15) is 0 Å². The number of aromatic nitrogens is 2. The van der Waals surface area contributed by atoms with Crippen molar-refractivity contribution >= 4 is 15.5 Å². The third kappa shape index (κ3) is 3.42. The Labute approximate surface area is 137 Å². The van der Waals surface area contributed by atoms with E-state index in [1.807, 2.05) is 32.3 Å². The summed E-state index contributed by atoms with van der Waals surface area (Å²) in [6, 6.07) is 7.36. The lowest BCUT2D eigenvalue weighted by atomic mass is 10.1. The minimum absolute atomic E-state index is 0.0856. The van der Waals surface area contributed by atoms with E-state index in [9.17, 15) is 8.42 Å². The highest BCUT2D eigenvalue weighted by Gasteiger charge is 2.30. The Hall–Kier alpha value is -1.82. The van der Waals surface area contributed by atoms with Crippen molar-refractivity contribution in [3.05, 3.63) is 42.2 Å². The Balaban J connectivity index is 1.73. The van der Waals surface area contributed by atoms with Crippen LogP contribution in [0.4, 0.5) is 5.69 Å². The van der Waals surface area contributed by atoms with Crippen LogP contribution in [0.3, 0.4) is 0 Å². The Kier molecular flexibility index (Phi) is 4.43. The number of hydrogen-bond donors (Lipinski definition) is 1. The molecule has 2 aromatic rings. The van der Waals surface area contributed by atoms with Gasteiger partial charge in [0.05, 0.1) is 22.0 Å². The smallest absolute Gasteiger partial charge is 0.181 e. The van der Waals surface area contributed by atoms with Crippen LogP contribution in [0, 0.1) is 0 Å². The Morgan fingerprint density at radius 2 is 1.87 bits per heavy atom. The molecule has 6 heteroatoms. The Morgan fingerprint density at radius 3 is 2.43 bits per heavy atom. The fraction of sp³-hybridized carbons (Fsp3) is 0.471. The lowest BCUT2D eigenvalue weighted by Crippen LogP contribution is -2.17. The van der Waals surface area contributed by atoms with E-state index < -0.39 is 9.84 Å². The van der Waals surface area contributed by atoms with Crippen molar-refractivity contribution in [1.82, 2.24) is 9.78 Å². The summed E-state index contributed by atoms with van der Waals surface area (Å²) in [5, 5.41) is 7.29. The van der Waals surface area contributed by atoms with Gasteiger partial charge in [0.15, 0.2) is 9.84 Å². The van der Waals surface area contributed by atoms with E-state index in [2.05, 4.69) is 10.4 Å². The molecule has 1 aliphatic carbocycles. The summed E-state index contributed by atoms with van der Waals surface area (Å²) in [7, 11) is -1.30. The zero-order valence-electron chi connectivity index (χ0n) is 13.6. The van der Waals surface area contributed by atoms with Crippen LogP contribution < -0.4 is 5.32 Å². The van der Waals surface area contributed by atoms with Gasteiger partial charge in [-0.1, -0.05) is 25.0 Å². The molecule has 0 aliphatic heterocycles. The fourth-order valence-corrected chi connectivity index (χ4v) is 5.02. The molecule has 1 atom stereocenters. The minimum atomic E-state index is -3.17. The third-order valence-corrected chi connectivity index (χ3v) is 6.82. The van der Waals surface area contributed by atoms with Gasteiger partial charge in [-0.25, -0.2) is 8.42 Å². The zero-order chi connectivity index (χ0) is 16.4. The van der Waals surface area contributed by atoms with Crippen molar-refractivity contribution in [2.75, 3.05) is 5.32 Å². The molecule has 0 radical (unpaired) electrons. The molecule has 1 fully saturated rings. The zero-order valence-corrected chi connectivity index (χ0v) is 14.4. The molecule has 0 saturated heterocycles. The Bertz CT molecular complexity index is 759. The van der Waals surface area contributed by atoms with Gasteiger partial charge in [0, 0.05) is 19.3 Å². The predicted octanol–water partition coefficient (Wildman–Crippen LogP) is 3.31. The molecule has 1 saturated carbocycles. The van der Waals surface area contributed by atoms with Crippen molar-refractivity contribution < 1.29 is 8.42 Å². The van der Waals surface area contributed by atoms with Crippen molar-refractivity contribution in [1.29, 1.82) is 0 Å². The summed E-state index contributed by atoms with van der Waals surface area (Å²) in [5.74, 6) is 0. The normalized spacial score (nSPS) is 17.3. The van der Waals surface area contributed by atoms with E-state index in [1.165, 1.54) is 0 Å². The predicted molar refractivity (Wildman–Crippen MR) is 91.1 cm³/mol. The highest BCUT2D eigenvalue weighted by atomic mass is 32.2. The van der Waals surface area contributed by atoms with Gasteiger partial charge < -0.3 is 5.32 Å². The minimum Gasteiger partial charge on any atom is -0.376 e. The average molecular weight is 333 g/mol. The highest BCUT2D eigenvalue weighted by Crippen LogP contribution is 2.30. The maximum Gasteiger partial charge on any atom is 0.181 e. The summed E-state index contributed by atoms with van der Waals surface area (Å²) in [4.78, 5) is 0.446. The molecule has 124 valence electrons. The number of nitrogens with zero attached hydrogens (tertiary/aromatic N) is 2. The molecular formula is C17H23N3O2S. The van der Waals surface area contributed by atoms with Gasteiger partial charge in [-0.3, -0.25) is 4.68 Å².